The number of ether oxygens (including phenoxy) is 1. The van der Waals surface area contributed by atoms with Crippen LogP contribution in [-0.4, -0.2) is 36.7 Å². The quantitative estimate of drug-likeness (QED) is 0.424. The third-order valence-electron chi connectivity index (χ3n) is 2.83. The topological polar surface area (TPSA) is 102 Å². The van der Waals surface area contributed by atoms with Crippen molar-refractivity contribution >= 4 is 41.4 Å². The molecule has 0 aliphatic carbocycles. The van der Waals surface area contributed by atoms with Gasteiger partial charge in [-0.3, -0.25) is 14.4 Å². The number of Topliss-reactive ketones (excluding diaryl/α,β-unsaturated/α-hetero) is 1. The van der Waals surface area contributed by atoms with Crippen molar-refractivity contribution in [1.82, 2.24) is 5.32 Å². The molecular formula is C15H17ClN2O5. The molecule has 0 aromatic heterocycles. The van der Waals surface area contributed by atoms with Gasteiger partial charge in [0.25, 0.3) is 0 Å². The summed E-state index contributed by atoms with van der Waals surface area (Å²) in [6.45, 7) is 2.98. The molecule has 0 spiro atoms. The van der Waals surface area contributed by atoms with E-state index in [2.05, 4.69) is 10.6 Å². The number of anilines is 1. The van der Waals surface area contributed by atoms with Gasteiger partial charge in [-0.2, -0.15) is 0 Å². The Balaban J connectivity index is 3.00. The summed E-state index contributed by atoms with van der Waals surface area (Å²) in [4.78, 5) is 46.0. The molecular weight excluding hydrogens is 324 g/mol. The summed E-state index contributed by atoms with van der Waals surface area (Å²) in [6.07, 6.45) is 0.118. The number of rotatable bonds is 8. The molecule has 124 valence electrons. The van der Waals surface area contributed by atoms with E-state index >= 15 is 0 Å². The molecule has 0 fully saturated rings. The molecule has 0 saturated carbocycles. The van der Waals surface area contributed by atoms with Gasteiger partial charge < -0.3 is 15.4 Å². The maximum Gasteiger partial charge on any atom is 0.329 e. The van der Waals surface area contributed by atoms with Gasteiger partial charge in [-0.1, -0.05) is 11.6 Å². The van der Waals surface area contributed by atoms with Crippen molar-refractivity contribution < 1.29 is 23.9 Å². The standard InChI is InChI=1S/C15H17ClN2O5/c1-3-23-15(22)13(18-9(2)20)7-14(21)11-5-4-10(16)6-12(11)17-8-19/h4-6,8,13H,3,7H2,1-2H3,(H,17,19)(H,18,20)/t13-/m0/s1. The lowest BCUT2D eigenvalue weighted by Gasteiger charge is -2.16. The van der Waals surface area contributed by atoms with Crippen LogP contribution in [0.2, 0.25) is 5.02 Å². The molecule has 1 aromatic rings. The van der Waals surface area contributed by atoms with Gasteiger partial charge in [0, 0.05) is 23.9 Å². The van der Waals surface area contributed by atoms with Crippen LogP contribution in [0.4, 0.5) is 5.69 Å². The van der Waals surface area contributed by atoms with Gasteiger partial charge in [0.1, 0.15) is 6.04 Å². The number of esters is 1. The highest BCUT2D eigenvalue weighted by molar-refractivity contribution is 6.31. The van der Waals surface area contributed by atoms with E-state index in [-0.39, 0.29) is 24.3 Å². The van der Waals surface area contributed by atoms with Crippen molar-refractivity contribution in [2.75, 3.05) is 11.9 Å². The van der Waals surface area contributed by atoms with Crippen molar-refractivity contribution in [3.63, 3.8) is 0 Å². The van der Waals surface area contributed by atoms with Gasteiger partial charge in [0.2, 0.25) is 12.3 Å². The maximum atomic E-state index is 12.4. The molecule has 0 unspecified atom stereocenters. The predicted molar refractivity (Wildman–Crippen MR) is 84.3 cm³/mol. The largest absolute Gasteiger partial charge is 0.464 e. The van der Waals surface area contributed by atoms with Crippen LogP contribution in [0.1, 0.15) is 30.6 Å². The van der Waals surface area contributed by atoms with E-state index in [0.717, 1.165) is 0 Å². The fourth-order valence-corrected chi connectivity index (χ4v) is 2.09. The van der Waals surface area contributed by atoms with Crippen LogP contribution < -0.4 is 10.6 Å². The lowest BCUT2D eigenvalue weighted by Crippen LogP contribution is -2.42. The highest BCUT2D eigenvalue weighted by Crippen LogP contribution is 2.22. The molecule has 2 N–H and O–H groups in total. The number of hydrogen-bond acceptors (Lipinski definition) is 5. The first-order chi connectivity index (χ1) is 10.9. The molecule has 7 nitrogen and oxygen atoms in total. The fourth-order valence-electron chi connectivity index (χ4n) is 1.92. The molecule has 0 bridgehead atoms. The molecule has 1 atom stereocenters. The molecule has 1 aromatic carbocycles. The number of carbonyl (C=O) groups is 4. The number of halogens is 1. The first-order valence-electron chi connectivity index (χ1n) is 6.85. The van der Waals surface area contributed by atoms with Gasteiger partial charge in [-0.05, 0) is 25.1 Å². The van der Waals surface area contributed by atoms with Crippen LogP contribution in [0.5, 0.6) is 0 Å². The second kappa shape index (κ2) is 8.89. The summed E-state index contributed by atoms with van der Waals surface area (Å²) in [5, 5.41) is 5.10. The number of benzene rings is 1. The van der Waals surface area contributed by atoms with Crippen LogP contribution in [0, 0.1) is 0 Å². The minimum atomic E-state index is -1.10. The number of ketones is 1. The number of carbonyl (C=O) groups excluding carboxylic acids is 4. The maximum absolute atomic E-state index is 12.4. The lowest BCUT2D eigenvalue weighted by molar-refractivity contribution is -0.147. The molecule has 8 heteroatoms. The zero-order chi connectivity index (χ0) is 17.4. The van der Waals surface area contributed by atoms with Crippen LogP contribution in [0.15, 0.2) is 18.2 Å². The summed E-state index contributed by atoms with van der Waals surface area (Å²) in [5.41, 5.74) is 0.407. The van der Waals surface area contributed by atoms with E-state index in [0.29, 0.717) is 11.4 Å². The second-order valence-electron chi connectivity index (χ2n) is 4.58. The Morgan fingerprint density at radius 3 is 2.61 bits per heavy atom. The SMILES string of the molecule is CCOC(=O)[C@H](CC(=O)c1ccc(Cl)cc1NC=O)NC(C)=O. The Bertz CT molecular complexity index is 618. The highest BCUT2D eigenvalue weighted by atomic mass is 35.5. The van der Waals surface area contributed by atoms with E-state index in [1.807, 2.05) is 0 Å². The zero-order valence-corrected chi connectivity index (χ0v) is 13.5. The van der Waals surface area contributed by atoms with Crippen molar-refractivity contribution in [3.8, 4) is 0 Å². The monoisotopic (exact) mass is 340 g/mol. The molecule has 0 heterocycles. The summed E-state index contributed by atoms with van der Waals surface area (Å²) in [5.74, 6) is -1.61. The van der Waals surface area contributed by atoms with Gasteiger partial charge in [-0.15, -0.1) is 0 Å². The third-order valence-corrected chi connectivity index (χ3v) is 3.07. The van der Waals surface area contributed by atoms with E-state index in [9.17, 15) is 19.2 Å². The summed E-state index contributed by atoms with van der Waals surface area (Å²) >= 11 is 5.83. The molecule has 23 heavy (non-hydrogen) atoms. The smallest absolute Gasteiger partial charge is 0.329 e. The predicted octanol–water partition coefficient (Wildman–Crippen LogP) is 1.55. The van der Waals surface area contributed by atoms with Gasteiger partial charge in [0.05, 0.1) is 12.3 Å². The average Bonchev–Trinajstić information content (AvgIpc) is 2.46. The second-order valence-corrected chi connectivity index (χ2v) is 5.02. The van der Waals surface area contributed by atoms with Crippen LogP contribution in [0.25, 0.3) is 0 Å². The molecule has 0 radical (unpaired) electrons. The Labute approximate surface area is 138 Å². The molecule has 2 amide bonds. The highest BCUT2D eigenvalue weighted by Gasteiger charge is 2.25. The first-order valence-corrected chi connectivity index (χ1v) is 7.23. The summed E-state index contributed by atoms with van der Waals surface area (Å²) in [7, 11) is 0. The summed E-state index contributed by atoms with van der Waals surface area (Å²) in [6, 6.07) is 3.25. The Morgan fingerprint density at radius 2 is 2.04 bits per heavy atom. The van der Waals surface area contributed by atoms with Crippen LogP contribution in [0.3, 0.4) is 0 Å². The van der Waals surface area contributed by atoms with E-state index in [1.54, 1.807) is 6.92 Å². The van der Waals surface area contributed by atoms with Gasteiger partial charge in [0.15, 0.2) is 5.78 Å². The molecule has 0 aliphatic rings. The van der Waals surface area contributed by atoms with Crippen molar-refractivity contribution in [2.45, 2.75) is 26.3 Å². The van der Waals surface area contributed by atoms with E-state index in [1.165, 1.54) is 25.1 Å². The van der Waals surface area contributed by atoms with Crippen molar-refractivity contribution in [1.29, 1.82) is 0 Å². The van der Waals surface area contributed by atoms with Crippen LogP contribution >= 0.6 is 11.6 Å². The van der Waals surface area contributed by atoms with E-state index < -0.39 is 23.7 Å². The van der Waals surface area contributed by atoms with Gasteiger partial charge in [-0.25, -0.2) is 4.79 Å². The Morgan fingerprint density at radius 1 is 1.35 bits per heavy atom. The first kappa shape index (κ1) is 18.6. The Hall–Kier alpha value is -2.41. The molecule has 0 saturated heterocycles. The lowest BCUT2D eigenvalue weighted by atomic mass is 10.0. The zero-order valence-electron chi connectivity index (χ0n) is 12.7. The van der Waals surface area contributed by atoms with E-state index in [4.69, 9.17) is 16.3 Å². The van der Waals surface area contributed by atoms with Gasteiger partial charge >= 0.3 is 5.97 Å². The third kappa shape index (κ3) is 5.71. The fraction of sp³-hybridized carbons (Fsp3) is 0.333. The number of nitrogens with one attached hydrogen (secondary N) is 2. The normalized spacial score (nSPS) is 11.3. The molecule has 0 aliphatic heterocycles. The molecule has 1 rings (SSSR count). The summed E-state index contributed by atoms with van der Waals surface area (Å²) < 4.78 is 4.84. The number of amides is 2. The van der Waals surface area contributed by atoms with Crippen LogP contribution in [-0.2, 0) is 19.1 Å². The van der Waals surface area contributed by atoms with Crippen molar-refractivity contribution in [2.24, 2.45) is 0 Å². The average molecular weight is 341 g/mol. The number of hydrogen-bond donors (Lipinski definition) is 2. The minimum Gasteiger partial charge on any atom is -0.464 e. The minimum absolute atomic E-state index is 0.127. The van der Waals surface area contributed by atoms with Crippen molar-refractivity contribution in [3.05, 3.63) is 28.8 Å². The Kier molecular flexibility index (Phi) is 7.21.